The molecular weight excluding hydrogens is 224 g/mol. The van der Waals surface area contributed by atoms with Crippen molar-refractivity contribution in [1.82, 2.24) is 0 Å². The molecule has 0 saturated carbocycles. The van der Waals surface area contributed by atoms with E-state index in [9.17, 15) is 0 Å². The van der Waals surface area contributed by atoms with E-state index in [-0.39, 0.29) is 0 Å². The first-order chi connectivity index (χ1) is 8.61. The highest BCUT2D eigenvalue weighted by molar-refractivity contribution is 5.59. The Balaban J connectivity index is 2.44. The molecule has 0 saturated heterocycles. The van der Waals surface area contributed by atoms with Crippen LogP contribution >= 0.6 is 0 Å². The molecule has 2 aromatic rings. The van der Waals surface area contributed by atoms with E-state index >= 15 is 0 Å². The fraction of sp³-hybridized carbons (Fsp3) is 0.133. The summed E-state index contributed by atoms with van der Waals surface area (Å²) in [6.07, 6.45) is 0. The summed E-state index contributed by atoms with van der Waals surface area (Å²) < 4.78 is 5.77. The van der Waals surface area contributed by atoms with Crippen LogP contribution in [0.5, 0.6) is 11.5 Å². The lowest BCUT2D eigenvalue weighted by molar-refractivity contribution is 0.479. The molecule has 0 fully saturated rings. The van der Waals surface area contributed by atoms with Crippen molar-refractivity contribution in [2.75, 3.05) is 5.73 Å². The molecule has 0 aliphatic rings. The average Bonchev–Trinajstić information content (AvgIpc) is 2.35. The van der Waals surface area contributed by atoms with E-state index in [2.05, 4.69) is 6.07 Å². The monoisotopic (exact) mass is 238 g/mol. The van der Waals surface area contributed by atoms with Crippen LogP contribution in [0.25, 0.3) is 0 Å². The van der Waals surface area contributed by atoms with Gasteiger partial charge in [-0.3, -0.25) is 0 Å². The van der Waals surface area contributed by atoms with Crippen molar-refractivity contribution in [3.63, 3.8) is 0 Å². The number of rotatable bonds is 2. The van der Waals surface area contributed by atoms with E-state index in [0.717, 1.165) is 11.1 Å². The number of nitrogens with zero attached hydrogens (tertiary/aromatic N) is 1. The van der Waals surface area contributed by atoms with Crippen molar-refractivity contribution in [1.29, 1.82) is 5.26 Å². The van der Waals surface area contributed by atoms with Crippen molar-refractivity contribution in [3.05, 3.63) is 53.1 Å². The van der Waals surface area contributed by atoms with Crippen molar-refractivity contribution < 1.29 is 4.74 Å². The Morgan fingerprint density at radius 3 is 2.61 bits per heavy atom. The van der Waals surface area contributed by atoms with Crippen LogP contribution in [0.15, 0.2) is 36.4 Å². The Morgan fingerprint density at radius 1 is 1.17 bits per heavy atom. The zero-order valence-electron chi connectivity index (χ0n) is 10.4. The second kappa shape index (κ2) is 4.80. The summed E-state index contributed by atoms with van der Waals surface area (Å²) in [7, 11) is 0. The van der Waals surface area contributed by atoms with Crippen molar-refractivity contribution in [2.24, 2.45) is 0 Å². The predicted molar refractivity (Wildman–Crippen MR) is 71.6 cm³/mol. The first kappa shape index (κ1) is 12.0. The van der Waals surface area contributed by atoms with E-state index in [0.29, 0.717) is 22.7 Å². The van der Waals surface area contributed by atoms with Gasteiger partial charge in [-0.15, -0.1) is 0 Å². The molecule has 0 heterocycles. The molecule has 0 aromatic heterocycles. The Bertz CT molecular complexity index is 607. The van der Waals surface area contributed by atoms with Crippen LogP contribution in [0.1, 0.15) is 16.7 Å². The van der Waals surface area contributed by atoms with Crippen LogP contribution in [0.2, 0.25) is 0 Å². The summed E-state index contributed by atoms with van der Waals surface area (Å²) in [6, 6.07) is 13.2. The molecule has 0 radical (unpaired) electrons. The molecule has 18 heavy (non-hydrogen) atoms. The zero-order valence-corrected chi connectivity index (χ0v) is 10.4. The third-order valence-electron chi connectivity index (χ3n) is 2.71. The smallest absolute Gasteiger partial charge is 0.153 e. The molecule has 2 aromatic carbocycles. The number of hydrogen-bond donors (Lipinski definition) is 1. The van der Waals surface area contributed by atoms with Gasteiger partial charge in [-0.25, -0.2) is 0 Å². The highest BCUT2D eigenvalue weighted by Crippen LogP contribution is 2.32. The van der Waals surface area contributed by atoms with E-state index in [1.807, 2.05) is 32.0 Å². The minimum absolute atomic E-state index is 0.512. The summed E-state index contributed by atoms with van der Waals surface area (Å²) in [6.45, 7) is 3.86. The van der Waals surface area contributed by atoms with Gasteiger partial charge in [0.1, 0.15) is 11.8 Å². The number of nitriles is 1. The summed E-state index contributed by atoms with van der Waals surface area (Å²) in [4.78, 5) is 0. The van der Waals surface area contributed by atoms with Gasteiger partial charge in [0.15, 0.2) is 5.75 Å². The Kier molecular flexibility index (Phi) is 3.20. The number of anilines is 1. The van der Waals surface area contributed by atoms with Crippen molar-refractivity contribution in [2.45, 2.75) is 13.8 Å². The molecule has 2 N–H and O–H groups in total. The maximum Gasteiger partial charge on any atom is 0.153 e. The van der Waals surface area contributed by atoms with Gasteiger partial charge < -0.3 is 10.5 Å². The maximum absolute atomic E-state index is 9.10. The van der Waals surface area contributed by atoms with Gasteiger partial charge in [-0.2, -0.15) is 5.26 Å². The fourth-order valence-electron chi connectivity index (χ4n) is 1.74. The molecule has 0 unspecified atom stereocenters. The standard InChI is InChI=1S/C15H14N2O/c1-10-6-7-14(12(8-10)9-16)18-15-11(2)4-3-5-13(15)17/h3-8H,17H2,1-2H3. The minimum atomic E-state index is 0.512. The van der Waals surface area contributed by atoms with Gasteiger partial charge in [0.25, 0.3) is 0 Å². The minimum Gasteiger partial charge on any atom is -0.454 e. The average molecular weight is 238 g/mol. The lowest BCUT2D eigenvalue weighted by atomic mass is 10.1. The lowest BCUT2D eigenvalue weighted by Crippen LogP contribution is -1.96. The highest BCUT2D eigenvalue weighted by Gasteiger charge is 2.09. The van der Waals surface area contributed by atoms with Gasteiger partial charge in [-0.05, 0) is 43.2 Å². The maximum atomic E-state index is 9.10. The van der Waals surface area contributed by atoms with Crippen LogP contribution in [0, 0.1) is 25.2 Å². The topological polar surface area (TPSA) is 59.0 Å². The normalized spacial score (nSPS) is 9.83. The summed E-state index contributed by atoms with van der Waals surface area (Å²) in [5.74, 6) is 1.14. The van der Waals surface area contributed by atoms with E-state index in [1.54, 1.807) is 18.2 Å². The third kappa shape index (κ3) is 2.28. The number of ether oxygens (including phenoxy) is 1. The van der Waals surface area contributed by atoms with E-state index in [4.69, 9.17) is 15.7 Å². The SMILES string of the molecule is Cc1ccc(Oc2c(C)cccc2N)c(C#N)c1. The Labute approximate surface area is 106 Å². The van der Waals surface area contributed by atoms with Crippen LogP contribution in [0.3, 0.4) is 0 Å². The predicted octanol–water partition coefficient (Wildman–Crippen LogP) is 3.55. The van der Waals surface area contributed by atoms with Crippen LogP contribution < -0.4 is 10.5 Å². The number of nitrogens with two attached hydrogens (primary N) is 1. The Hall–Kier alpha value is -2.47. The number of aryl methyl sites for hydroxylation is 2. The molecule has 0 aliphatic carbocycles. The van der Waals surface area contributed by atoms with Crippen molar-refractivity contribution in [3.8, 4) is 17.6 Å². The number of benzene rings is 2. The van der Waals surface area contributed by atoms with Gasteiger partial charge in [-0.1, -0.05) is 18.2 Å². The summed E-state index contributed by atoms with van der Waals surface area (Å²) >= 11 is 0. The number of nitrogen functional groups attached to an aromatic ring is 1. The van der Waals surface area contributed by atoms with Gasteiger partial charge in [0.05, 0.1) is 11.3 Å². The molecule has 0 atom stereocenters. The molecule has 0 bridgehead atoms. The molecule has 3 heteroatoms. The van der Waals surface area contributed by atoms with Crippen LogP contribution in [0.4, 0.5) is 5.69 Å². The third-order valence-corrected chi connectivity index (χ3v) is 2.71. The summed E-state index contributed by atoms with van der Waals surface area (Å²) in [5, 5.41) is 9.10. The first-order valence-corrected chi connectivity index (χ1v) is 5.65. The molecule has 0 spiro atoms. The molecule has 3 nitrogen and oxygen atoms in total. The summed E-state index contributed by atoms with van der Waals surface area (Å²) in [5.41, 5.74) is 8.93. The van der Waals surface area contributed by atoms with Crippen LogP contribution in [-0.4, -0.2) is 0 Å². The largest absolute Gasteiger partial charge is 0.454 e. The second-order valence-corrected chi connectivity index (χ2v) is 4.21. The molecule has 0 amide bonds. The fourth-order valence-corrected chi connectivity index (χ4v) is 1.74. The highest BCUT2D eigenvalue weighted by atomic mass is 16.5. The van der Waals surface area contributed by atoms with E-state index in [1.165, 1.54) is 0 Å². The number of hydrogen-bond acceptors (Lipinski definition) is 3. The zero-order chi connectivity index (χ0) is 13.1. The van der Waals surface area contributed by atoms with Gasteiger partial charge >= 0.3 is 0 Å². The van der Waals surface area contributed by atoms with Crippen LogP contribution in [-0.2, 0) is 0 Å². The van der Waals surface area contributed by atoms with E-state index < -0.39 is 0 Å². The van der Waals surface area contributed by atoms with Gasteiger partial charge in [0.2, 0.25) is 0 Å². The Morgan fingerprint density at radius 2 is 1.94 bits per heavy atom. The molecular formula is C15H14N2O. The first-order valence-electron chi connectivity index (χ1n) is 5.65. The molecule has 90 valence electrons. The van der Waals surface area contributed by atoms with Gasteiger partial charge in [0, 0.05) is 0 Å². The molecule has 2 rings (SSSR count). The lowest BCUT2D eigenvalue weighted by Gasteiger charge is -2.12. The molecule has 0 aliphatic heterocycles. The second-order valence-electron chi connectivity index (χ2n) is 4.21. The quantitative estimate of drug-likeness (QED) is 0.814. The number of para-hydroxylation sites is 1. The van der Waals surface area contributed by atoms with Crippen molar-refractivity contribution >= 4 is 5.69 Å².